The fourth-order valence-electron chi connectivity index (χ4n) is 2.35. The lowest BCUT2D eigenvalue weighted by Gasteiger charge is -2.10. The fraction of sp³-hybridized carbons (Fsp3) is 0.167. The SMILES string of the molecule is C/C(CCl)=N\NC1=Nc2ccc(F)cc2C(c2ccccc2Cl)=NC1. The molecule has 1 heterocycles. The van der Waals surface area contributed by atoms with Crippen molar-refractivity contribution >= 4 is 46.1 Å². The second kappa shape index (κ2) is 7.76. The first kappa shape index (κ1) is 17.6. The highest BCUT2D eigenvalue weighted by Crippen LogP contribution is 2.28. The molecular weight excluding hydrogens is 362 g/mol. The lowest BCUT2D eigenvalue weighted by Crippen LogP contribution is -2.22. The van der Waals surface area contributed by atoms with Crippen LogP contribution in [0.15, 0.2) is 57.6 Å². The first-order chi connectivity index (χ1) is 12.1. The highest BCUT2D eigenvalue weighted by Gasteiger charge is 2.18. The molecule has 2 aromatic carbocycles. The zero-order chi connectivity index (χ0) is 17.8. The molecule has 1 aliphatic heterocycles. The number of nitrogens with zero attached hydrogens (tertiary/aromatic N) is 3. The van der Waals surface area contributed by atoms with Gasteiger partial charge in [0.2, 0.25) is 0 Å². The molecule has 0 radical (unpaired) electrons. The largest absolute Gasteiger partial charge is 0.276 e. The normalized spacial score (nSPS) is 14.3. The van der Waals surface area contributed by atoms with E-state index in [1.54, 1.807) is 19.1 Å². The van der Waals surface area contributed by atoms with E-state index in [1.807, 2.05) is 18.2 Å². The maximum absolute atomic E-state index is 13.8. The Kier molecular flexibility index (Phi) is 5.46. The minimum atomic E-state index is -0.360. The number of nitrogens with one attached hydrogen (secondary N) is 1. The second-order valence-corrected chi connectivity index (χ2v) is 6.13. The van der Waals surface area contributed by atoms with Crippen molar-refractivity contribution in [1.29, 1.82) is 0 Å². The van der Waals surface area contributed by atoms with Crippen LogP contribution in [0.4, 0.5) is 10.1 Å². The van der Waals surface area contributed by atoms with Crippen molar-refractivity contribution in [1.82, 2.24) is 5.43 Å². The summed E-state index contributed by atoms with van der Waals surface area (Å²) in [7, 11) is 0. The summed E-state index contributed by atoms with van der Waals surface area (Å²) in [6.07, 6.45) is 0. The Morgan fingerprint density at radius 1 is 1.24 bits per heavy atom. The number of hydrogen-bond acceptors (Lipinski definition) is 4. The number of halogens is 3. The van der Waals surface area contributed by atoms with Gasteiger partial charge in [0.1, 0.15) is 11.7 Å². The van der Waals surface area contributed by atoms with Crippen molar-refractivity contribution in [2.45, 2.75) is 6.92 Å². The summed E-state index contributed by atoms with van der Waals surface area (Å²) in [6.45, 7) is 2.06. The van der Waals surface area contributed by atoms with Gasteiger partial charge in [0.15, 0.2) is 0 Å². The number of alkyl halides is 1. The van der Waals surface area contributed by atoms with E-state index in [0.717, 1.165) is 11.3 Å². The second-order valence-electron chi connectivity index (χ2n) is 5.46. The van der Waals surface area contributed by atoms with Crippen LogP contribution in [0.25, 0.3) is 0 Å². The fourth-order valence-corrected chi connectivity index (χ4v) is 2.63. The molecule has 2 aromatic rings. The number of aliphatic imine (C=N–C) groups is 2. The van der Waals surface area contributed by atoms with Gasteiger partial charge < -0.3 is 0 Å². The Morgan fingerprint density at radius 3 is 2.80 bits per heavy atom. The molecule has 0 amide bonds. The third-order valence-electron chi connectivity index (χ3n) is 3.55. The van der Waals surface area contributed by atoms with Crippen molar-refractivity contribution in [3.63, 3.8) is 0 Å². The lowest BCUT2D eigenvalue weighted by molar-refractivity contribution is 0.627. The molecule has 1 N–H and O–H groups in total. The van der Waals surface area contributed by atoms with Crippen LogP contribution in [0.2, 0.25) is 5.02 Å². The number of benzene rings is 2. The third-order valence-corrected chi connectivity index (χ3v) is 4.27. The zero-order valence-corrected chi connectivity index (χ0v) is 14.9. The highest BCUT2D eigenvalue weighted by atomic mass is 35.5. The van der Waals surface area contributed by atoms with Crippen molar-refractivity contribution in [2.24, 2.45) is 15.1 Å². The van der Waals surface area contributed by atoms with Crippen LogP contribution >= 0.6 is 23.2 Å². The standard InChI is InChI=1S/C18H15Cl2FN4/c1-11(9-19)24-25-17-10-22-18(13-4-2-3-5-15(13)20)14-8-12(21)6-7-16(14)23-17/h2-8H,9-10H2,1H3,(H,23,25)/b24-11+. The molecule has 4 nitrogen and oxygen atoms in total. The quantitative estimate of drug-likeness (QED) is 0.476. The first-order valence-electron chi connectivity index (χ1n) is 7.60. The maximum atomic E-state index is 13.8. The van der Waals surface area contributed by atoms with Gasteiger partial charge in [0.25, 0.3) is 0 Å². The Balaban J connectivity index is 2.08. The Hall–Kier alpha value is -2.24. The van der Waals surface area contributed by atoms with Crippen LogP contribution < -0.4 is 5.43 Å². The smallest absolute Gasteiger partial charge is 0.144 e. The lowest BCUT2D eigenvalue weighted by atomic mass is 10.0. The number of rotatable bonds is 3. The van der Waals surface area contributed by atoms with Gasteiger partial charge in [-0.2, -0.15) is 5.10 Å². The van der Waals surface area contributed by atoms with E-state index in [1.165, 1.54) is 12.1 Å². The van der Waals surface area contributed by atoms with Crippen molar-refractivity contribution in [2.75, 3.05) is 12.4 Å². The molecule has 25 heavy (non-hydrogen) atoms. The maximum Gasteiger partial charge on any atom is 0.144 e. The zero-order valence-electron chi connectivity index (χ0n) is 13.4. The van der Waals surface area contributed by atoms with E-state index in [4.69, 9.17) is 23.2 Å². The van der Waals surface area contributed by atoms with E-state index in [2.05, 4.69) is 20.5 Å². The molecule has 0 unspecified atom stereocenters. The molecule has 7 heteroatoms. The molecule has 1 aliphatic rings. The summed E-state index contributed by atoms with van der Waals surface area (Å²) in [5, 5.41) is 4.69. The molecular formula is C18H15Cl2FN4. The third kappa shape index (κ3) is 4.06. The predicted octanol–water partition coefficient (Wildman–Crippen LogP) is 4.56. The minimum Gasteiger partial charge on any atom is -0.276 e. The Labute approximate surface area is 155 Å². The molecule has 0 saturated heterocycles. The average Bonchev–Trinajstić information content (AvgIpc) is 2.79. The Bertz CT molecular complexity index is 890. The van der Waals surface area contributed by atoms with Gasteiger partial charge in [-0.25, -0.2) is 9.38 Å². The summed E-state index contributed by atoms with van der Waals surface area (Å²) in [6, 6.07) is 11.7. The van der Waals surface area contributed by atoms with E-state index in [9.17, 15) is 4.39 Å². The monoisotopic (exact) mass is 376 g/mol. The van der Waals surface area contributed by atoms with Crippen molar-refractivity contribution in [3.8, 4) is 0 Å². The van der Waals surface area contributed by atoms with Crippen LogP contribution in [0.5, 0.6) is 0 Å². The number of amidine groups is 1. The van der Waals surface area contributed by atoms with Gasteiger partial charge in [-0.1, -0.05) is 29.8 Å². The van der Waals surface area contributed by atoms with E-state index in [-0.39, 0.29) is 12.4 Å². The van der Waals surface area contributed by atoms with Crippen molar-refractivity contribution in [3.05, 3.63) is 64.4 Å². The van der Waals surface area contributed by atoms with Gasteiger partial charge >= 0.3 is 0 Å². The predicted molar refractivity (Wildman–Crippen MR) is 102 cm³/mol. The molecule has 128 valence electrons. The van der Waals surface area contributed by atoms with E-state index < -0.39 is 0 Å². The molecule has 3 rings (SSSR count). The molecule has 0 aromatic heterocycles. The van der Waals surface area contributed by atoms with Crippen LogP contribution in [-0.4, -0.2) is 29.7 Å². The number of hydrogen-bond donors (Lipinski definition) is 1. The number of fused-ring (bicyclic) bond motifs is 1. The summed E-state index contributed by atoms with van der Waals surface area (Å²) in [5.74, 6) is 0.497. The Morgan fingerprint density at radius 2 is 2.04 bits per heavy atom. The number of hydrazone groups is 1. The minimum absolute atomic E-state index is 0.260. The summed E-state index contributed by atoms with van der Waals surface area (Å²) in [5.41, 5.74) is 6.11. The summed E-state index contributed by atoms with van der Waals surface area (Å²) < 4.78 is 13.8. The summed E-state index contributed by atoms with van der Waals surface area (Å²) >= 11 is 12.0. The van der Waals surface area contributed by atoms with Gasteiger partial charge in [0.05, 0.1) is 23.8 Å². The average molecular weight is 377 g/mol. The molecule has 0 saturated carbocycles. The van der Waals surface area contributed by atoms with Crippen LogP contribution in [0.1, 0.15) is 18.1 Å². The van der Waals surface area contributed by atoms with E-state index >= 15 is 0 Å². The van der Waals surface area contributed by atoms with Crippen LogP contribution in [-0.2, 0) is 0 Å². The van der Waals surface area contributed by atoms with Crippen molar-refractivity contribution < 1.29 is 4.39 Å². The summed E-state index contributed by atoms with van der Waals surface area (Å²) in [4.78, 5) is 9.11. The molecule has 0 bridgehead atoms. The van der Waals surface area contributed by atoms with E-state index in [0.29, 0.717) is 33.7 Å². The van der Waals surface area contributed by atoms with Crippen LogP contribution in [0, 0.1) is 5.82 Å². The van der Waals surface area contributed by atoms with Gasteiger partial charge in [-0.3, -0.25) is 10.4 Å². The van der Waals surface area contributed by atoms with Crippen LogP contribution in [0.3, 0.4) is 0 Å². The first-order valence-corrected chi connectivity index (χ1v) is 8.51. The highest BCUT2D eigenvalue weighted by molar-refractivity contribution is 6.36. The van der Waals surface area contributed by atoms with Gasteiger partial charge in [-0.15, -0.1) is 11.6 Å². The van der Waals surface area contributed by atoms with Gasteiger partial charge in [-0.05, 0) is 31.2 Å². The molecule has 0 spiro atoms. The van der Waals surface area contributed by atoms with Gasteiger partial charge in [0, 0.05) is 21.9 Å². The topological polar surface area (TPSA) is 49.1 Å². The molecule has 0 atom stereocenters. The molecule has 0 fully saturated rings. The molecule has 0 aliphatic carbocycles.